The van der Waals surface area contributed by atoms with Crippen LogP contribution in [0.15, 0.2) is 78.9 Å². The van der Waals surface area contributed by atoms with Gasteiger partial charge in [0.15, 0.2) is 0 Å². The number of nitrogens with two attached hydrogens (primary N) is 2. The molecule has 3 aromatic rings. The predicted molar refractivity (Wildman–Crippen MR) is 201 cm³/mol. The molecule has 0 fully saturated rings. The van der Waals surface area contributed by atoms with Gasteiger partial charge in [0.2, 0.25) is 27.7 Å². The molecular weight excluding hydrogens is 667 g/mol. The molecule has 0 unspecified atom stereocenters. The van der Waals surface area contributed by atoms with Crippen molar-refractivity contribution in [3.63, 3.8) is 0 Å². The molecule has 0 bridgehead atoms. The number of nitrogen functional groups attached to an aromatic ring is 1. The van der Waals surface area contributed by atoms with Crippen molar-refractivity contribution in [1.82, 2.24) is 20.7 Å². The fourth-order valence-electron chi connectivity index (χ4n) is 5.40. The molecule has 3 rings (SSSR count). The Morgan fingerprint density at radius 3 is 2.12 bits per heavy atom. The molecule has 3 aromatic carbocycles. The number of nitrogens with one attached hydrogen (secondary N) is 5. The Hall–Kier alpha value is -4.59. The Kier molecular flexibility index (Phi) is 16.8. The third-order valence-electron chi connectivity index (χ3n) is 8.31. The first-order chi connectivity index (χ1) is 24.3. The minimum absolute atomic E-state index is 0.00372. The molecule has 0 aliphatic heterocycles. The number of benzene rings is 3. The molecule has 0 aliphatic carbocycles. The Bertz CT molecular complexity index is 1680. The summed E-state index contributed by atoms with van der Waals surface area (Å²) in [5.74, 6) is -0.990. The van der Waals surface area contributed by atoms with E-state index in [1.165, 1.54) is 0 Å². The molecule has 276 valence electrons. The maximum Gasteiger partial charge on any atom is 0.243 e. The number of hydrogen-bond donors (Lipinski definition) is 7. The summed E-state index contributed by atoms with van der Waals surface area (Å²) in [4.78, 5) is 39.6. The third-order valence-corrected chi connectivity index (χ3v) is 9.67. The van der Waals surface area contributed by atoms with Crippen LogP contribution in [0.25, 0.3) is 0 Å². The lowest BCUT2D eigenvalue weighted by Crippen LogP contribution is -2.54. The first kappa shape index (κ1) is 40.8. The Morgan fingerprint density at radius 2 is 1.45 bits per heavy atom. The standard InChI is InChI=1S/C38H53N7O5S/c1-27(2)15-20-35(46)42-21-8-4-7-14-33(45-51(49,50)26-29-10-5-3-6-11-29)38(48)44-34(23-30-12-9-13-31(22-30)24-39)37(47)43-25-28-16-18-32(19-17-28)36(40)41/h3,5-6,9-13,16-19,22,27,33-34,45H,4,7-8,14-15,20-21,23-26,39H2,1-2H3,(H3,40,41)(H,42,46)(H,43,47)(H,44,48)/t33-,34+/m1/s1. The quantitative estimate of drug-likeness (QED) is 0.0467. The van der Waals surface area contributed by atoms with Crippen molar-refractivity contribution in [2.75, 3.05) is 6.54 Å². The Labute approximate surface area is 302 Å². The van der Waals surface area contributed by atoms with Gasteiger partial charge in [0, 0.05) is 38.0 Å². The second kappa shape index (κ2) is 20.9. The zero-order chi connectivity index (χ0) is 37.2. The van der Waals surface area contributed by atoms with Crippen molar-refractivity contribution in [3.8, 4) is 0 Å². The van der Waals surface area contributed by atoms with Crippen molar-refractivity contribution in [3.05, 3.63) is 107 Å². The molecule has 0 radical (unpaired) electrons. The zero-order valence-corrected chi connectivity index (χ0v) is 30.4. The molecular formula is C38H53N7O5S. The van der Waals surface area contributed by atoms with Gasteiger partial charge in [-0.15, -0.1) is 0 Å². The number of carbonyl (C=O) groups excluding carboxylic acids is 3. The van der Waals surface area contributed by atoms with Crippen LogP contribution in [0.1, 0.15) is 80.2 Å². The summed E-state index contributed by atoms with van der Waals surface area (Å²) in [5.41, 5.74) is 14.9. The molecule has 12 nitrogen and oxygen atoms in total. The number of amidine groups is 1. The average Bonchev–Trinajstić information content (AvgIpc) is 3.10. The first-order valence-corrected chi connectivity index (χ1v) is 19.1. The van der Waals surface area contributed by atoms with Crippen LogP contribution in [0.5, 0.6) is 0 Å². The summed E-state index contributed by atoms with van der Waals surface area (Å²) < 4.78 is 29.2. The minimum Gasteiger partial charge on any atom is -0.384 e. The summed E-state index contributed by atoms with van der Waals surface area (Å²) in [6, 6.07) is 20.8. The van der Waals surface area contributed by atoms with Crippen LogP contribution in [0.2, 0.25) is 0 Å². The summed E-state index contributed by atoms with van der Waals surface area (Å²) in [5, 5.41) is 16.2. The fourth-order valence-corrected chi connectivity index (χ4v) is 6.77. The average molecular weight is 720 g/mol. The zero-order valence-electron chi connectivity index (χ0n) is 29.6. The number of amides is 3. The summed E-state index contributed by atoms with van der Waals surface area (Å²) in [7, 11) is -3.94. The van der Waals surface area contributed by atoms with Crippen molar-refractivity contribution in [1.29, 1.82) is 5.41 Å². The van der Waals surface area contributed by atoms with Gasteiger partial charge in [-0.3, -0.25) is 19.8 Å². The summed E-state index contributed by atoms with van der Waals surface area (Å²) in [6.45, 7) is 5.10. The molecule has 0 aliphatic rings. The topological polar surface area (TPSA) is 209 Å². The van der Waals surface area contributed by atoms with E-state index in [-0.39, 0.29) is 36.9 Å². The number of sulfonamides is 1. The van der Waals surface area contributed by atoms with E-state index in [0.717, 1.165) is 23.1 Å². The van der Waals surface area contributed by atoms with Gasteiger partial charge in [-0.1, -0.05) is 106 Å². The van der Waals surface area contributed by atoms with E-state index in [0.29, 0.717) is 55.8 Å². The number of hydrogen-bond acceptors (Lipinski definition) is 7. The molecule has 9 N–H and O–H groups in total. The maximum atomic E-state index is 13.9. The van der Waals surface area contributed by atoms with E-state index in [1.54, 1.807) is 54.6 Å². The van der Waals surface area contributed by atoms with Gasteiger partial charge in [-0.05, 0) is 47.4 Å². The summed E-state index contributed by atoms with van der Waals surface area (Å²) in [6.07, 6.45) is 3.48. The SMILES string of the molecule is CC(C)CCC(=O)NCCCCC[C@@H](NS(=O)(=O)Cc1ccccc1)C(=O)N[C@@H](Cc1cccc(CN)c1)C(=O)NCc1ccc(C(=N)N)cc1. The van der Waals surface area contributed by atoms with Crippen LogP contribution in [0.3, 0.4) is 0 Å². The van der Waals surface area contributed by atoms with Crippen LogP contribution in [0.4, 0.5) is 0 Å². The molecule has 0 saturated carbocycles. The lowest BCUT2D eigenvalue weighted by Gasteiger charge is -2.24. The van der Waals surface area contributed by atoms with Crippen LogP contribution < -0.4 is 32.1 Å². The Balaban J connectivity index is 1.74. The highest BCUT2D eigenvalue weighted by Crippen LogP contribution is 2.13. The fraction of sp³-hybridized carbons (Fsp3) is 0.421. The molecule has 0 heterocycles. The summed E-state index contributed by atoms with van der Waals surface area (Å²) >= 11 is 0. The predicted octanol–water partition coefficient (Wildman–Crippen LogP) is 3.37. The van der Waals surface area contributed by atoms with Crippen molar-refractivity contribution >= 4 is 33.6 Å². The lowest BCUT2D eigenvalue weighted by atomic mass is 10.0. The third kappa shape index (κ3) is 15.5. The Morgan fingerprint density at radius 1 is 0.765 bits per heavy atom. The van der Waals surface area contributed by atoms with E-state index in [2.05, 4.69) is 34.5 Å². The molecule has 13 heteroatoms. The maximum absolute atomic E-state index is 13.9. The van der Waals surface area contributed by atoms with E-state index < -0.39 is 33.9 Å². The van der Waals surface area contributed by atoms with Crippen LogP contribution in [0, 0.1) is 11.3 Å². The van der Waals surface area contributed by atoms with Crippen LogP contribution >= 0.6 is 0 Å². The number of rotatable bonds is 22. The highest BCUT2D eigenvalue weighted by molar-refractivity contribution is 7.88. The van der Waals surface area contributed by atoms with Crippen molar-refractivity contribution in [2.45, 2.75) is 89.7 Å². The second-order valence-electron chi connectivity index (χ2n) is 13.2. The van der Waals surface area contributed by atoms with E-state index in [9.17, 15) is 22.8 Å². The molecule has 0 saturated heterocycles. The van der Waals surface area contributed by atoms with Crippen molar-refractivity contribution < 1.29 is 22.8 Å². The van der Waals surface area contributed by atoms with Gasteiger partial charge in [0.1, 0.15) is 17.9 Å². The highest BCUT2D eigenvalue weighted by atomic mass is 32.2. The molecule has 2 atom stereocenters. The first-order valence-electron chi connectivity index (χ1n) is 17.4. The lowest BCUT2D eigenvalue weighted by molar-refractivity contribution is -0.130. The van der Waals surface area contributed by atoms with Crippen LogP contribution in [-0.4, -0.2) is 50.6 Å². The van der Waals surface area contributed by atoms with E-state index in [4.69, 9.17) is 16.9 Å². The van der Waals surface area contributed by atoms with Gasteiger partial charge in [-0.2, -0.15) is 0 Å². The van der Waals surface area contributed by atoms with Crippen LogP contribution in [-0.2, 0) is 49.7 Å². The van der Waals surface area contributed by atoms with Crippen molar-refractivity contribution in [2.24, 2.45) is 17.4 Å². The molecule has 51 heavy (non-hydrogen) atoms. The van der Waals surface area contributed by atoms with Gasteiger partial charge < -0.3 is 27.4 Å². The van der Waals surface area contributed by atoms with Gasteiger partial charge in [0.05, 0.1) is 5.75 Å². The molecule has 0 spiro atoms. The number of carbonyl (C=O) groups is 3. The smallest absolute Gasteiger partial charge is 0.243 e. The largest absolute Gasteiger partial charge is 0.384 e. The molecule has 3 amide bonds. The van der Waals surface area contributed by atoms with Gasteiger partial charge in [-0.25, -0.2) is 13.1 Å². The van der Waals surface area contributed by atoms with E-state index >= 15 is 0 Å². The van der Waals surface area contributed by atoms with Gasteiger partial charge >= 0.3 is 0 Å². The normalized spacial score (nSPS) is 12.5. The molecule has 0 aromatic heterocycles. The highest BCUT2D eigenvalue weighted by Gasteiger charge is 2.29. The second-order valence-corrected chi connectivity index (χ2v) is 14.9. The van der Waals surface area contributed by atoms with E-state index in [1.807, 2.05) is 24.3 Å². The minimum atomic E-state index is -3.94. The monoisotopic (exact) mass is 719 g/mol. The van der Waals surface area contributed by atoms with Gasteiger partial charge in [0.25, 0.3) is 0 Å². The number of unbranched alkanes of at least 4 members (excludes halogenated alkanes) is 2.